The Hall–Kier alpha value is -2.41. The summed E-state index contributed by atoms with van der Waals surface area (Å²) in [6, 6.07) is 0. The van der Waals surface area contributed by atoms with Gasteiger partial charge in [-0.25, -0.2) is 18.8 Å². The second-order valence-electron chi connectivity index (χ2n) is 32.5. The SMILES string of the molecule is CC(SOO[O-])(C(=O)OCC12CC3CC(CC(CO)(C3)C1)C2)C(F)(F)F.O=C(OCC12CC3CC(CC(CO)(C3)C1)C2)C(F)(F)SOO[O-].O=C(OCC12CC3CC(CC(CO)(C3)C1)C2)C(F)(SOO[O-])C(F)(F)F.O=C(OCC12CC3CC(CC(CO)(C3)C1)C2)C(SOO[O-])(C(F)(F)F)C(F)(F)F. The zero-order valence-corrected chi connectivity index (χ0v) is 58.8. The minimum absolute atomic E-state index is 0.0180. The van der Waals surface area contributed by atoms with Crippen LogP contribution in [-0.4, -0.2) is 142 Å². The molecule has 10 unspecified atom stereocenters. The third-order valence-electron chi connectivity index (χ3n) is 24.2. The molecule has 0 heterocycles. The summed E-state index contributed by atoms with van der Waals surface area (Å²) in [5, 5.41) is 80.8. The number of halogens is 15. The molecule has 43 heteroatoms. The monoisotopic (exact) mass is 1610 g/mol. The number of rotatable bonds is 28. The zero-order chi connectivity index (χ0) is 76.9. The largest absolute Gasteiger partial charge is 0.691 e. The lowest BCUT2D eigenvalue weighted by Gasteiger charge is -2.61. The summed E-state index contributed by atoms with van der Waals surface area (Å²) in [5.41, 5.74) is -3.08. The minimum Gasteiger partial charge on any atom is -0.691 e. The van der Waals surface area contributed by atoms with E-state index >= 15 is 0 Å². The molecule has 104 heavy (non-hydrogen) atoms. The van der Waals surface area contributed by atoms with Crippen LogP contribution in [0.2, 0.25) is 0 Å². The molecule has 0 radical (unpaired) electrons. The molecule has 10 atom stereocenters. The van der Waals surface area contributed by atoms with Gasteiger partial charge in [0.1, 0.15) is 12.0 Å². The molecule has 4 N–H and O–H groups in total. The maximum Gasteiger partial charge on any atom is 0.446 e. The smallest absolute Gasteiger partial charge is 0.446 e. The van der Waals surface area contributed by atoms with E-state index in [1.807, 2.05) is 0 Å². The van der Waals surface area contributed by atoms with Gasteiger partial charge in [0, 0.05) is 48.1 Å². The van der Waals surface area contributed by atoms with Crippen molar-refractivity contribution in [2.24, 2.45) is 90.7 Å². The van der Waals surface area contributed by atoms with Crippen LogP contribution in [0.15, 0.2) is 0 Å². The van der Waals surface area contributed by atoms with Gasteiger partial charge in [0.15, 0.2) is 0 Å². The molecule has 0 amide bonds. The molecule has 24 nitrogen and oxygen atoms in total. The van der Waals surface area contributed by atoms with Gasteiger partial charge in [0.05, 0.1) is 62.6 Å². The van der Waals surface area contributed by atoms with Gasteiger partial charge in [-0.15, -0.1) is 0 Å². The minimum atomic E-state index is -6.17. The maximum atomic E-state index is 14.2. The van der Waals surface area contributed by atoms with Crippen molar-refractivity contribution >= 4 is 72.0 Å². The number of carbonyl (C=O) groups excluding carboxylic acids is 4. The van der Waals surface area contributed by atoms with Gasteiger partial charge in [-0.1, -0.05) is 0 Å². The second-order valence-corrected chi connectivity index (χ2v) is 36.2. The lowest BCUT2D eigenvalue weighted by Crippen LogP contribution is -2.61. The molecular formula is C61H79F15O24S4-4. The lowest BCUT2D eigenvalue weighted by molar-refractivity contribution is -0.777. The molecule has 16 saturated carbocycles. The Kier molecular flexibility index (Phi) is 26.0. The van der Waals surface area contributed by atoms with E-state index in [2.05, 4.69) is 42.2 Å². The van der Waals surface area contributed by atoms with Gasteiger partial charge in [-0.3, -0.25) is 24.9 Å². The quantitative estimate of drug-likeness (QED) is 0.0142. The Morgan fingerprint density at radius 1 is 0.337 bits per heavy atom. The standard InChI is InChI=1S/C16H20F6O6S.C16H23F3O6S.C15H20F4O6S.C14H20F2O6S/c17-15(18,19)14(16(20,21)22,29-28-27-25)11(24)26-8-13-4-9-1-10(5-13)3-12(2-9,6-13)7-23;1-13(16(17,18)19,26-25-24-22)12(21)23-9-15-5-10-2-11(6-15)4-14(3-10,7-15)8-20;16-14(15(17,18)19,26-25-24-22)11(21)23-8-13-4-9-1-10(5-13)3-12(2-9,6-13)7-20;15-14(16,23-22-21-19)11(18)20-8-13-4-9-1-10(5-13)3-12(2-9,6-13)7-17/h9-10,23,25H,1-8H2;10-11,20,22H,2-9H2,1H3;9-10,20,22H,1-8H2;9-10,17,19H,1-8H2/p-4. The molecule has 0 aromatic carbocycles. The average molecular weight is 1610 g/mol. The molecule has 16 aliphatic rings. The van der Waals surface area contributed by atoms with Crippen LogP contribution in [0.25, 0.3) is 0 Å². The van der Waals surface area contributed by atoms with Crippen LogP contribution in [0, 0.1) is 90.7 Å². The molecule has 16 bridgehead atoms. The van der Waals surface area contributed by atoms with Crippen LogP contribution in [0.3, 0.4) is 0 Å². The number of ether oxygens (including phenoxy) is 4. The van der Waals surface area contributed by atoms with Crippen molar-refractivity contribution in [3.8, 4) is 0 Å². The van der Waals surface area contributed by atoms with E-state index in [4.69, 9.17) is 14.2 Å². The number of esters is 4. The summed E-state index contributed by atoms with van der Waals surface area (Å²) >= 11 is -3.66. The molecule has 0 aromatic rings. The van der Waals surface area contributed by atoms with Gasteiger partial charge < -0.3 is 60.4 Å². The molecule has 0 saturated heterocycles. The van der Waals surface area contributed by atoms with Gasteiger partial charge in [-0.05, 0) is 230 Å². The normalized spacial score (nSPS) is 37.3. The Morgan fingerprint density at radius 3 is 0.856 bits per heavy atom. The Labute approximate surface area is 601 Å². The molecule has 0 aliphatic heterocycles. The molecule has 0 spiro atoms. The molecule has 0 aromatic heterocycles. The fourth-order valence-electron chi connectivity index (χ4n) is 22.5. The molecule has 600 valence electrons. The third-order valence-corrected chi connectivity index (χ3v) is 27.3. The fourth-order valence-corrected chi connectivity index (χ4v) is 23.9. The van der Waals surface area contributed by atoms with E-state index in [9.17, 15) is 126 Å². The molecular weight excluding hydrogens is 1530 g/mol. The number of aliphatic hydroxyl groups is 4. The Balaban J connectivity index is 0.000000161. The zero-order valence-electron chi connectivity index (χ0n) is 55.5. The molecule has 16 aliphatic carbocycles. The first-order valence-electron chi connectivity index (χ1n) is 33.3. The predicted octanol–water partition coefficient (Wildman–Crippen LogP) is 8.93. The van der Waals surface area contributed by atoms with E-state index in [1.165, 1.54) is 0 Å². The van der Waals surface area contributed by atoms with E-state index in [-0.39, 0.29) is 85.2 Å². The van der Waals surface area contributed by atoms with E-state index in [0.29, 0.717) is 93.8 Å². The van der Waals surface area contributed by atoms with Gasteiger partial charge >= 0.3 is 63.6 Å². The van der Waals surface area contributed by atoms with Crippen LogP contribution < -0.4 is 21.0 Å². The first kappa shape index (κ1) is 85.6. The van der Waals surface area contributed by atoms with E-state index in [0.717, 1.165) is 103 Å². The fraction of sp³-hybridized carbons (Fsp3) is 0.934. The number of hydrogen-bond acceptors (Lipinski definition) is 28. The number of alkyl halides is 15. The van der Waals surface area contributed by atoms with Crippen LogP contribution in [-0.2, 0) is 75.6 Å². The van der Waals surface area contributed by atoms with Crippen molar-refractivity contribution < 1.29 is 183 Å². The number of carbonyl (C=O) groups is 4. The third kappa shape index (κ3) is 17.7. The Bertz CT molecular complexity index is 2830. The number of hydrogen-bond donors (Lipinski definition) is 4. The van der Waals surface area contributed by atoms with E-state index < -0.39 is 139 Å². The summed E-state index contributed by atoms with van der Waals surface area (Å²) in [7, 11) is 0. The van der Waals surface area contributed by atoms with Crippen LogP contribution in [0.5, 0.6) is 0 Å². The van der Waals surface area contributed by atoms with Crippen molar-refractivity contribution in [3.05, 3.63) is 0 Å². The first-order chi connectivity index (χ1) is 48.3. The van der Waals surface area contributed by atoms with Crippen molar-refractivity contribution in [1.82, 2.24) is 0 Å². The highest BCUT2D eigenvalue weighted by Gasteiger charge is 2.79. The summed E-state index contributed by atoms with van der Waals surface area (Å²) in [5.74, 6) is -5.26. The van der Waals surface area contributed by atoms with Crippen molar-refractivity contribution in [3.63, 3.8) is 0 Å². The predicted molar refractivity (Wildman–Crippen MR) is 314 cm³/mol. The first-order valence-corrected chi connectivity index (χ1v) is 36.3. The van der Waals surface area contributed by atoms with Gasteiger partial charge in [0.25, 0.3) is 0 Å². The second kappa shape index (κ2) is 31.6. The highest BCUT2D eigenvalue weighted by Crippen LogP contribution is 2.70. The van der Waals surface area contributed by atoms with Crippen LogP contribution in [0.4, 0.5) is 65.9 Å². The molecule has 16 fully saturated rings. The molecule has 16 rings (SSSR count). The highest BCUT2D eigenvalue weighted by atomic mass is 32.2. The van der Waals surface area contributed by atoms with Crippen LogP contribution in [0.1, 0.15) is 161 Å². The average Bonchev–Trinajstić information content (AvgIpc) is 0.739. The lowest BCUT2D eigenvalue weighted by atomic mass is 9.44. The van der Waals surface area contributed by atoms with Crippen LogP contribution >= 0.6 is 48.2 Å². The topological polar surface area (TPSA) is 352 Å². The summed E-state index contributed by atoms with van der Waals surface area (Å²) in [4.78, 5) is 47.7. The highest BCUT2D eigenvalue weighted by molar-refractivity contribution is 7.97. The van der Waals surface area contributed by atoms with Crippen molar-refractivity contribution in [2.45, 2.75) is 205 Å². The van der Waals surface area contributed by atoms with Crippen molar-refractivity contribution in [1.29, 1.82) is 0 Å². The van der Waals surface area contributed by atoms with Gasteiger partial charge in [-0.2, -0.15) is 78.8 Å². The Morgan fingerprint density at radius 2 is 0.587 bits per heavy atom. The summed E-state index contributed by atoms with van der Waals surface area (Å²) in [6.45, 7) is -0.607. The summed E-state index contributed by atoms with van der Waals surface area (Å²) in [6.07, 6.45) is -3.97. The summed E-state index contributed by atoms with van der Waals surface area (Å²) < 4.78 is 225. The van der Waals surface area contributed by atoms with Gasteiger partial charge in [0.2, 0.25) is 4.75 Å². The van der Waals surface area contributed by atoms with Crippen molar-refractivity contribution in [2.75, 3.05) is 52.9 Å². The van der Waals surface area contributed by atoms with E-state index in [1.54, 1.807) is 0 Å². The number of aliphatic hydroxyl groups excluding tert-OH is 4. The maximum absolute atomic E-state index is 14.2.